The first kappa shape index (κ1) is 18.2. The van der Waals surface area contributed by atoms with Crippen LogP contribution >= 0.6 is 23.4 Å². The van der Waals surface area contributed by atoms with E-state index in [4.69, 9.17) is 16.3 Å². The van der Waals surface area contributed by atoms with Crippen molar-refractivity contribution in [2.45, 2.75) is 17.3 Å². The van der Waals surface area contributed by atoms with E-state index in [0.717, 1.165) is 5.56 Å². The van der Waals surface area contributed by atoms with Crippen LogP contribution in [0.15, 0.2) is 47.9 Å². The minimum atomic E-state index is -0.417. The molecule has 0 saturated heterocycles. The lowest BCUT2D eigenvalue weighted by molar-refractivity contribution is -0.115. The first-order valence-corrected chi connectivity index (χ1v) is 8.96. The van der Waals surface area contributed by atoms with Gasteiger partial charge in [0.05, 0.1) is 18.0 Å². The Morgan fingerprint density at radius 1 is 1.31 bits per heavy atom. The molecule has 1 atom stereocenters. The molecule has 0 fully saturated rings. The van der Waals surface area contributed by atoms with E-state index >= 15 is 0 Å². The number of amides is 1. The maximum Gasteiger partial charge on any atom is 0.237 e. The van der Waals surface area contributed by atoms with Gasteiger partial charge in [-0.3, -0.25) is 14.9 Å². The van der Waals surface area contributed by atoms with E-state index in [0.29, 0.717) is 27.4 Å². The van der Waals surface area contributed by atoms with Crippen LogP contribution in [0.3, 0.4) is 0 Å². The average molecular weight is 390 g/mol. The summed E-state index contributed by atoms with van der Waals surface area (Å²) in [6.07, 6.45) is 3.36. The number of H-pyrrole nitrogens is 1. The predicted octanol–water partition coefficient (Wildman–Crippen LogP) is 3.65. The highest BCUT2D eigenvalue weighted by molar-refractivity contribution is 8.00. The second-order valence-corrected chi connectivity index (χ2v) is 7.04. The number of ether oxygens (including phenoxy) is 1. The van der Waals surface area contributed by atoms with Crippen LogP contribution in [0, 0.1) is 0 Å². The first-order chi connectivity index (χ1) is 12.6. The van der Waals surface area contributed by atoms with Gasteiger partial charge in [0.2, 0.25) is 11.1 Å². The number of pyridine rings is 1. The summed E-state index contributed by atoms with van der Waals surface area (Å²) in [5.41, 5.74) is 1.39. The molecule has 0 aliphatic heterocycles. The molecule has 0 aliphatic carbocycles. The number of rotatable bonds is 6. The molecule has 2 N–H and O–H groups in total. The standard InChI is InChI=1S/C17H16ClN5O2S/c1-10(16(24)20-13-9-12(18)3-4-14(13)25-2)26-17-21-15(22-23-17)11-5-7-19-8-6-11/h3-10H,1-2H3,(H,20,24)(H,21,22,23)/t10-/m0/s1. The van der Waals surface area contributed by atoms with Gasteiger partial charge in [0.1, 0.15) is 5.75 Å². The van der Waals surface area contributed by atoms with Crippen LogP contribution in [-0.4, -0.2) is 38.4 Å². The molecule has 3 aromatic rings. The summed E-state index contributed by atoms with van der Waals surface area (Å²) in [6, 6.07) is 8.70. The van der Waals surface area contributed by atoms with Gasteiger partial charge in [0.25, 0.3) is 0 Å². The highest BCUT2D eigenvalue weighted by Gasteiger charge is 2.19. The van der Waals surface area contributed by atoms with Crippen molar-refractivity contribution in [1.82, 2.24) is 20.2 Å². The third-order valence-corrected chi connectivity index (χ3v) is 4.69. The van der Waals surface area contributed by atoms with Crippen molar-refractivity contribution < 1.29 is 9.53 Å². The van der Waals surface area contributed by atoms with E-state index in [9.17, 15) is 4.79 Å². The van der Waals surface area contributed by atoms with Crippen LogP contribution in [0.5, 0.6) is 5.75 Å². The summed E-state index contributed by atoms with van der Waals surface area (Å²) in [5, 5.41) is 10.4. The third-order valence-electron chi connectivity index (χ3n) is 3.49. The maximum absolute atomic E-state index is 12.5. The topological polar surface area (TPSA) is 92.8 Å². The fourth-order valence-electron chi connectivity index (χ4n) is 2.16. The van der Waals surface area contributed by atoms with Crippen LogP contribution in [0.2, 0.25) is 5.02 Å². The molecule has 1 amide bonds. The normalized spacial score (nSPS) is 11.8. The number of halogens is 1. The second-order valence-electron chi connectivity index (χ2n) is 5.30. The van der Waals surface area contributed by atoms with Crippen molar-refractivity contribution in [1.29, 1.82) is 0 Å². The fourth-order valence-corrected chi connectivity index (χ4v) is 3.06. The van der Waals surface area contributed by atoms with Crippen LogP contribution in [0.4, 0.5) is 5.69 Å². The number of methoxy groups -OCH3 is 1. The molecule has 0 spiro atoms. The van der Waals surface area contributed by atoms with Gasteiger partial charge in [-0.1, -0.05) is 23.4 Å². The Hall–Kier alpha value is -2.58. The lowest BCUT2D eigenvalue weighted by Crippen LogP contribution is -2.22. The zero-order chi connectivity index (χ0) is 18.5. The number of benzene rings is 1. The SMILES string of the molecule is COc1ccc(Cl)cc1NC(=O)[C@H](C)Sc1n[nH]c(-c2ccncc2)n1. The highest BCUT2D eigenvalue weighted by Crippen LogP contribution is 2.29. The number of anilines is 1. The van der Waals surface area contributed by atoms with Crippen molar-refractivity contribution in [3.8, 4) is 17.1 Å². The minimum absolute atomic E-state index is 0.203. The third kappa shape index (κ3) is 4.33. The van der Waals surface area contributed by atoms with Gasteiger partial charge in [-0.25, -0.2) is 4.98 Å². The number of hydrogen-bond acceptors (Lipinski definition) is 6. The Bertz CT molecular complexity index is 903. The number of hydrogen-bond donors (Lipinski definition) is 2. The molecular weight excluding hydrogens is 374 g/mol. The number of thioether (sulfide) groups is 1. The Kier molecular flexibility index (Phi) is 5.75. The van der Waals surface area contributed by atoms with E-state index in [-0.39, 0.29) is 5.91 Å². The van der Waals surface area contributed by atoms with Gasteiger partial charge in [-0.05, 0) is 37.3 Å². The number of nitrogens with one attached hydrogen (secondary N) is 2. The summed E-state index contributed by atoms with van der Waals surface area (Å²) in [7, 11) is 1.53. The average Bonchev–Trinajstić information content (AvgIpc) is 3.11. The molecule has 2 heterocycles. The van der Waals surface area contributed by atoms with E-state index in [2.05, 4.69) is 25.5 Å². The van der Waals surface area contributed by atoms with Gasteiger partial charge in [0, 0.05) is 23.0 Å². The summed E-state index contributed by atoms with van der Waals surface area (Å²) in [4.78, 5) is 20.8. The van der Waals surface area contributed by atoms with Crippen molar-refractivity contribution in [3.63, 3.8) is 0 Å². The molecule has 1 aromatic carbocycles. The summed E-state index contributed by atoms with van der Waals surface area (Å²) in [5.74, 6) is 0.961. The van der Waals surface area contributed by atoms with Crippen molar-refractivity contribution in [2.24, 2.45) is 0 Å². The van der Waals surface area contributed by atoms with E-state index in [1.165, 1.54) is 18.9 Å². The summed E-state index contributed by atoms with van der Waals surface area (Å²) >= 11 is 7.24. The zero-order valence-corrected chi connectivity index (χ0v) is 15.6. The monoisotopic (exact) mass is 389 g/mol. The number of carbonyl (C=O) groups excluding carboxylic acids is 1. The molecule has 0 unspecified atom stereocenters. The fraction of sp³-hybridized carbons (Fsp3) is 0.176. The van der Waals surface area contributed by atoms with E-state index in [1.54, 1.807) is 37.5 Å². The highest BCUT2D eigenvalue weighted by atomic mass is 35.5. The number of nitrogens with zero attached hydrogens (tertiary/aromatic N) is 3. The predicted molar refractivity (Wildman–Crippen MR) is 102 cm³/mol. The van der Waals surface area contributed by atoms with Crippen molar-refractivity contribution in [2.75, 3.05) is 12.4 Å². The maximum atomic E-state index is 12.5. The molecule has 2 aromatic heterocycles. The summed E-state index contributed by atoms with van der Waals surface area (Å²) in [6.45, 7) is 1.78. The largest absolute Gasteiger partial charge is 0.495 e. The smallest absolute Gasteiger partial charge is 0.237 e. The van der Waals surface area contributed by atoms with Crippen LogP contribution in [0.1, 0.15) is 6.92 Å². The van der Waals surface area contributed by atoms with Gasteiger partial charge in [0.15, 0.2) is 5.82 Å². The van der Waals surface area contributed by atoms with Crippen molar-refractivity contribution >= 4 is 35.0 Å². The Morgan fingerprint density at radius 3 is 2.81 bits per heavy atom. The molecule has 134 valence electrons. The zero-order valence-electron chi connectivity index (χ0n) is 14.1. The molecule has 3 rings (SSSR count). The molecule has 0 radical (unpaired) electrons. The molecule has 26 heavy (non-hydrogen) atoms. The number of aromatic amines is 1. The molecule has 9 heteroatoms. The molecule has 0 aliphatic rings. The van der Waals surface area contributed by atoms with E-state index in [1.807, 2.05) is 12.1 Å². The lowest BCUT2D eigenvalue weighted by atomic mass is 10.3. The minimum Gasteiger partial charge on any atom is -0.495 e. The van der Waals surface area contributed by atoms with Gasteiger partial charge in [-0.15, -0.1) is 5.10 Å². The molecular formula is C17H16ClN5O2S. The Balaban J connectivity index is 1.67. The van der Waals surface area contributed by atoms with Crippen LogP contribution in [-0.2, 0) is 4.79 Å². The Labute approximate surface area is 159 Å². The first-order valence-electron chi connectivity index (χ1n) is 7.70. The van der Waals surface area contributed by atoms with Gasteiger partial charge in [-0.2, -0.15) is 0 Å². The quantitative estimate of drug-likeness (QED) is 0.625. The second kappa shape index (κ2) is 8.20. The molecule has 0 saturated carbocycles. The Morgan fingerprint density at radius 2 is 2.08 bits per heavy atom. The molecule has 0 bridgehead atoms. The van der Waals surface area contributed by atoms with Crippen LogP contribution < -0.4 is 10.1 Å². The lowest BCUT2D eigenvalue weighted by Gasteiger charge is -2.13. The number of aromatic nitrogens is 4. The summed E-state index contributed by atoms with van der Waals surface area (Å²) < 4.78 is 5.24. The van der Waals surface area contributed by atoms with Gasteiger partial charge >= 0.3 is 0 Å². The van der Waals surface area contributed by atoms with Gasteiger partial charge < -0.3 is 10.1 Å². The number of carbonyl (C=O) groups is 1. The van der Waals surface area contributed by atoms with Crippen LogP contribution in [0.25, 0.3) is 11.4 Å². The van der Waals surface area contributed by atoms with Crippen molar-refractivity contribution in [3.05, 3.63) is 47.7 Å². The van der Waals surface area contributed by atoms with E-state index < -0.39 is 5.25 Å². The molecule has 7 nitrogen and oxygen atoms in total.